The number of benzene rings is 2. The van der Waals surface area contributed by atoms with Gasteiger partial charge in [-0.15, -0.1) is 0 Å². The van der Waals surface area contributed by atoms with E-state index in [1.807, 2.05) is 29.2 Å². The first-order valence-electron chi connectivity index (χ1n) is 10.7. The van der Waals surface area contributed by atoms with Crippen LogP contribution in [0.4, 0.5) is 5.13 Å². The van der Waals surface area contributed by atoms with Crippen molar-refractivity contribution in [3.05, 3.63) is 58.1 Å². The van der Waals surface area contributed by atoms with Crippen molar-refractivity contribution >= 4 is 44.2 Å². The minimum Gasteiger partial charge on any atom is -0.379 e. The zero-order valence-corrected chi connectivity index (χ0v) is 19.6. The number of carbonyl (C=O) groups excluding carboxylic acids is 1. The summed E-state index contributed by atoms with van der Waals surface area (Å²) < 4.78 is 6.44. The average molecular weight is 458 g/mol. The van der Waals surface area contributed by atoms with Gasteiger partial charge in [-0.05, 0) is 49.1 Å². The highest BCUT2D eigenvalue weighted by Crippen LogP contribution is 2.33. The van der Waals surface area contributed by atoms with Crippen molar-refractivity contribution in [1.82, 2.24) is 9.88 Å². The minimum absolute atomic E-state index is 0.0698. The molecule has 3 aromatic rings. The number of hydrogen-bond acceptors (Lipinski definition) is 5. The Bertz CT molecular complexity index is 1060. The molecule has 0 aliphatic carbocycles. The largest absolute Gasteiger partial charge is 0.379 e. The molecule has 4 rings (SSSR count). The molecule has 1 saturated heterocycles. The van der Waals surface area contributed by atoms with Crippen LogP contribution in [0.2, 0.25) is 5.02 Å². The quantitative estimate of drug-likeness (QED) is 0.508. The first-order chi connectivity index (χ1) is 15.0. The Kier molecular flexibility index (Phi) is 7.23. The summed E-state index contributed by atoms with van der Waals surface area (Å²) in [4.78, 5) is 22.3. The summed E-state index contributed by atoms with van der Waals surface area (Å²) in [6.07, 6.45) is 1.25. The van der Waals surface area contributed by atoms with Crippen LogP contribution in [-0.2, 0) is 16.0 Å². The Morgan fingerprint density at radius 1 is 1.19 bits per heavy atom. The Morgan fingerprint density at radius 2 is 2.00 bits per heavy atom. The number of aryl methyl sites for hydroxylation is 2. The van der Waals surface area contributed by atoms with E-state index < -0.39 is 0 Å². The number of ether oxygens (including phenoxy) is 1. The van der Waals surface area contributed by atoms with Gasteiger partial charge in [-0.1, -0.05) is 47.2 Å². The lowest BCUT2D eigenvalue weighted by Gasteiger charge is -2.27. The number of thiazole rings is 1. The van der Waals surface area contributed by atoms with Gasteiger partial charge in [0, 0.05) is 26.2 Å². The van der Waals surface area contributed by atoms with Gasteiger partial charge in [-0.3, -0.25) is 14.6 Å². The number of fused-ring (bicyclic) bond motifs is 1. The molecule has 0 unspecified atom stereocenters. The van der Waals surface area contributed by atoms with E-state index in [0.717, 1.165) is 60.2 Å². The summed E-state index contributed by atoms with van der Waals surface area (Å²) in [5.41, 5.74) is 4.24. The maximum atomic E-state index is 13.4. The van der Waals surface area contributed by atoms with Gasteiger partial charge < -0.3 is 4.74 Å². The third-order valence-corrected chi connectivity index (χ3v) is 7.13. The van der Waals surface area contributed by atoms with E-state index in [0.29, 0.717) is 18.0 Å². The molecule has 31 heavy (non-hydrogen) atoms. The first-order valence-corrected chi connectivity index (χ1v) is 11.9. The van der Waals surface area contributed by atoms with Crippen LogP contribution >= 0.6 is 22.9 Å². The number of halogens is 1. The van der Waals surface area contributed by atoms with Crippen molar-refractivity contribution in [2.24, 2.45) is 0 Å². The monoisotopic (exact) mass is 457 g/mol. The Hall–Kier alpha value is -1.99. The Balaban J connectivity index is 1.53. The summed E-state index contributed by atoms with van der Waals surface area (Å²) in [6.45, 7) is 9.22. The van der Waals surface area contributed by atoms with Gasteiger partial charge in [0.05, 0.1) is 29.4 Å². The second kappa shape index (κ2) is 10.1. The third-order valence-electron chi connectivity index (χ3n) is 5.78. The van der Waals surface area contributed by atoms with E-state index in [-0.39, 0.29) is 5.91 Å². The second-order valence-corrected chi connectivity index (χ2v) is 9.45. The Labute approximate surface area is 192 Å². The van der Waals surface area contributed by atoms with Crippen LogP contribution in [-0.4, -0.2) is 55.2 Å². The van der Waals surface area contributed by atoms with Crippen molar-refractivity contribution < 1.29 is 9.53 Å². The van der Waals surface area contributed by atoms with Crippen molar-refractivity contribution in [2.75, 3.05) is 44.3 Å². The highest BCUT2D eigenvalue weighted by atomic mass is 35.5. The van der Waals surface area contributed by atoms with Crippen LogP contribution in [0.3, 0.4) is 0 Å². The maximum Gasteiger partial charge on any atom is 0.233 e. The number of amides is 1. The lowest BCUT2D eigenvalue weighted by molar-refractivity contribution is -0.118. The highest BCUT2D eigenvalue weighted by Gasteiger charge is 2.21. The minimum atomic E-state index is 0.0698. The number of anilines is 1. The van der Waals surface area contributed by atoms with Gasteiger partial charge in [-0.25, -0.2) is 4.98 Å². The van der Waals surface area contributed by atoms with Crippen molar-refractivity contribution in [3.63, 3.8) is 0 Å². The maximum absolute atomic E-state index is 13.4. The number of morpholine rings is 1. The van der Waals surface area contributed by atoms with Gasteiger partial charge >= 0.3 is 0 Å². The van der Waals surface area contributed by atoms with Gasteiger partial charge in [-0.2, -0.15) is 0 Å². The van der Waals surface area contributed by atoms with Gasteiger partial charge in [0.25, 0.3) is 0 Å². The van der Waals surface area contributed by atoms with Crippen LogP contribution < -0.4 is 4.90 Å². The summed E-state index contributed by atoms with van der Waals surface area (Å²) in [5, 5.41) is 1.34. The number of carbonyl (C=O) groups is 1. The smallest absolute Gasteiger partial charge is 0.233 e. The predicted molar refractivity (Wildman–Crippen MR) is 128 cm³/mol. The number of aromatic nitrogens is 1. The van der Waals surface area contributed by atoms with Crippen LogP contribution in [0.15, 0.2) is 36.4 Å². The van der Waals surface area contributed by atoms with Crippen LogP contribution in [0.1, 0.15) is 23.1 Å². The Morgan fingerprint density at radius 3 is 2.74 bits per heavy atom. The molecule has 1 aromatic heterocycles. The highest BCUT2D eigenvalue weighted by molar-refractivity contribution is 7.22. The summed E-state index contributed by atoms with van der Waals surface area (Å²) in [7, 11) is 0. The molecule has 1 fully saturated rings. The zero-order valence-electron chi connectivity index (χ0n) is 18.1. The van der Waals surface area contributed by atoms with E-state index in [4.69, 9.17) is 21.3 Å². The normalized spacial score (nSPS) is 14.8. The molecule has 0 radical (unpaired) electrons. The van der Waals surface area contributed by atoms with Crippen LogP contribution in [0.25, 0.3) is 10.2 Å². The van der Waals surface area contributed by atoms with Crippen molar-refractivity contribution in [3.8, 4) is 0 Å². The second-order valence-electron chi connectivity index (χ2n) is 8.03. The van der Waals surface area contributed by atoms with E-state index >= 15 is 0 Å². The fourth-order valence-corrected chi connectivity index (χ4v) is 5.12. The predicted octanol–water partition coefficient (Wildman–Crippen LogP) is 4.86. The van der Waals surface area contributed by atoms with E-state index in [1.165, 1.54) is 22.5 Å². The van der Waals surface area contributed by atoms with E-state index in [9.17, 15) is 4.79 Å². The molecular weight excluding hydrogens is 430 g/mol. The van der Waals surface area contributed by atoms with E-state index in [2.05, 4.69) is 30.9 Å². The number of hydrogen-bond donors (Lipinski definition) is 0. The molecule has 7 heteroatoms. The van der Waals surface area contributed by atoms with Gasteiger partial charge in [0.15, 0.2) is 5.13 Å². The molecule has 2 heterocycles. The number of para-hydroxylation sites is 1. The fraction of sp³-hybridized carbons (Fsp3) is 0.417. The standard InChI is InChI=1S/C24H28ClN3O2S/c1-17-7-8-19(15-18(17)2)16-22(29)28(10-4-9-27-11-13-30-14-12-27)24-26-23-20(25)5-3-6-21(23)31-24/h3,5-8,15H,4,9-14,16H2,1-2H3. The number of nitrogens with zero attached hydrogens (tertiary/aromatic N) is 3. The molecule has 1 amide bonds. The molecular formula is C24H28ClN3O2S. The number of rotatable bonds is 7. The van der Waals surface area contributed by atoms with Crippen molar-refractivity contribution in [1.29, 1.82) is 0 Å². The van der Waals surface area contributed by atoms with Crippen LogP contribution in [0.5, 0.6) is 0 Å². The zero-order chi connectivity index (χ0) is 21.8. The molecule has 0 atom stereocenters. The van der Waals surface area contributed by atoms with Crippen molar-refractivity contribution in [2.45, 2.75) is 26.7 Å². The molecule has 0 N–H and O–H groups in total. The summed E-state index contributed by atoms with van der Waals surface area (Å²) in [6, 6.07) is 12.0. The van der Waals surface area contributed by atoms with E-state index in [1.54, 1.807) is 0 Å². The molecule has 0 spiro atoms. The summed E-state index contributed by atoms with van der Waals surface area (Å²) >= 11 is 7.87. The fourth-order valence-electron chi connectivity index (χ4n) is 3.81. The molecule has 5 nitrogen and oxygen atoms in total. The SMILES string of the molecule is Cc1ccc(CC(=O)N(CCCN2CCOCC2)c2nc3c(Cl)cccc3s2)cc1C. The summed E-state index contributed by atoms with van der Waals surface area (Å²) in [5.74, 6) is 0.0698. The average Bonchev–Trinajstić information content (AvgIpc) is 3.20. The molecule has 1 aliphatic rings. The molecule has 1 aliphatic heterocycles. The van der Waals surface area contributed by atoms with Gasteiger partial charge in [0.1, 0.15) is 5.52 Å². The lowest BCUT2D eigenvalue weighted by Crippen LogP contribution is -2.39. The molecule has 0 bridgehead atoms. The first kappa shape index (κ1) is 22.2. The van der Waals surface area contributed by atoms with Crippen LogP contribution in [0, 0.1) is 13.8 Å². The van der Waals surface area contributed by atoms with Gasteiger partial charge in [0.2, 0.25) is 5.91 Å². The molecule has 164 valence electrons. The lowest BCUT2D eigenvalue weighted by atomic mass is 10.0. The third kappa shape index (κ3) is 5.44. The molecule has 2 aromatic carbocycles. The topological polar surface area (TPSA) is 45.7 Å². The molecule has 0 saturated carbocycles.